The molecule has 0 N–H and O–H groups in total. The Balaban J connectivity index is 1.60. The van der Waals surface area contributed by atoms with Gasteiger partial charge in [0.25, 0.3) is 0 Å². The molecular formula is C19H20N2O. The SMILES string of the molecule is C1=C(c2ccncc2)CC2COCC1N2Cc1ccccc1. The van der Waals surface area contributed by atoms with Crippen molar-refractivity contribution in [2.24, 2.45) is 0 Å². The van der Waals surface area contributed by atoms with Gasteiger partial charge in [0.15, 0.2) is 0 Å². The van der Waals surface area contributed by atoms with E-state index < -0.39 is 0 Å². The number of benzene rings is 1. The van der Waals surface area contributed by atoms with E-state index in [-0.39, 0.29) is 0 Å². The number of hydrogen-bond acceptors (Lipinski definition) is 3. The van der Waals surface area contributed by atoms with Gasteiger partial charge in [-0.15, -0.1) is 0 Å². The third-order valence-electron chi connectivity index (χ3n) is 4.60. The number of nitrogens with zero attached hydrogens (tertiary/aromatic N) is 2. The van der Waals surface area contributed by atoms with E-state index in [1.165, 1.54) is 16.7 Å². The molecule has 1 aromatic carbocycles. The predicted octanol–water partition coefficient (Wildman–Crippen LogP) is 3.14. The summed E-state index contributed by atoms with van der Waals surface area (Å²) in [6, 6.07) is 15.8. The van der Waals surface area contributed by atoms with Gasteiger partial charge in [-0.3, -0.25) is 9.88 Å². The maximum Gasteiger partial charge on any atom is 0.0658 e. The summed E-state index contributed by atoms with van der Waals surface area (Å²) in [5.41, 5.74) is 4.11. The summed E-state index contributed by atoms with van der Waals surface area (Å²) < 4.78 is 5.79. The number of morpholine rings is 1. The van der Waals surface area contributed by atoms with Gasteiger partial charge in [-0.25, -0.2) is 0 Å². The van der Waals surface area contributed by atoms with Crippen molar-refractivity contribution in [3.05, 3.63) is 72.1 Å². The highest BCUT2D eigenvalue weighted by Crippen LogP contribution is 2.33. The van der Waals surface area contributed by atoms with Crippen LogP contribution in [0.3, 0.4) is 0 Å². The Morgan fingerprint density at radius 3 is 2.64 bits per heavy atom. The molecule has 3 nitrogen and oxygen atoms in total. The lowest BCUT2D eigenvalue weighted by Gasteiger charge is -2.44. The average Bonchev–Trinajstić information content (AvgIpc) is 2.56. The van der Waals surface area contributed by atoms with Crippen LogP contribution in [0.4, 0.5) is 0 Å². The summed E-state index contributed by atoms with van der Waals surface area (Å²) in [5, 5.41) is 0. The Hall–Kier alpha value is -1.97. The Bertz CT molecular complexity index is 654. The van der Waals surface area contributed by atoms with Crippen LogP contribution in [0, 0.1) is 0 Å². The number of pyridine rings is 1. The molecule has 0 aliphatic carbocycles. The van der Waals surface area contributed by atoms with Crippen LogP contribution >= 0.6 is 0 Å². The smallest absolute Gasteiger partial charge is 0.0658 e. The van der Waals surface area contributed by atoms with Crippen molar-refractivity contribution < 1.29 is 4.74 Å². The second-order valence-corrected chi connectivity index (χ2v) is 6.05. The van der Waals surface area contributed by atoms with Crippen LogP contribution in [0.25, 0.3) is 5.57 Å². The maximum absolute atomic E-state index is 5.79. The van der Waals surface area contributed by atoms with Crippen LogP contribution < -0.4 is 0 Å². The zero-order valence-corrected chi connectivity index (χ0v) is 12.6. The monoisotopic (exact) mass is 292 g/mol. The molecule has 1 aromatic heterocycles. The summed E-state index contributed by atoms with van der Waals surface area (Å²) in [5.74, 6) is 0. The van der Waals surface area contributed by atoms with Gasteiger partial charge in [0.1, 0.15) is 0 Å². The average molecular weight is 292 g/mol. The summed E-state index contributed by atoms with van der Waals surface area (Å²) >= 11 is 0. The minimum atomic E-state index is 0.371. The van der Waals surface area contributed by atoms with E-state index in [4.69, 9.17) is 4.74 Å². The number of hydrogen-bond donors (Lipinski definition) is 0. The first-order valence-corrected chi connectivity index (χ1v) is 7.88. The molecule has 0 amide bonds. The van der Waals surface area contributed by atoms with E-state index >= 15 is 0 Å². The molecule has 1 fully saturated rings. The molecule has 1 saturated heterocycles. The standard InChI is InChI=1S/C19H20N2O/c1-2-4-15(5-3-1)12-21-18-10-17(11-19(21)14-22-13-18)16-6-8-20-9-7-16/h1-10,18-19H,11-14H2. The van der Waals surface area contributed by atoms with Gasteiger partial charge >= 0.3 is 0 Å². The summed E-state index contributed by atoms with van der Waals surface area (Å²) in [4.78, 5) is 6.71. The van der Waals surface area contributed by atoms with E-state index in [9.17, 15) is 0 Å². The predicted molar refractivity (Wildman–Crippen MR) is 87.2 cm³/mol. The highest BCUT2D eigenvalue weighted by molar-refractivity contribution is 5.67. The molecule has 0 radical (unpaired) electrons. The molecule has 112 valence electrons. The van der Waals surface area contributed by atoms with Crippen molar-refractivity contribution in [3.8, 4) is 0 Å². The molecule has 2 aliphatic rings. The zero-order chi connectivity index (χ0) is 14.8. The van der Waals surface area contributed by atoms with Crippen molar-refractivity contribution in [2.45, 2.75) is 25.0 Å². The Kier molecular flexibility index (Phi) is 3.75. The Morgan fingerprint density at radius 1 is 1.05 bits per heavy atom. The van der Waals surface area contributed by atoms with Crippen LogP contribution in [0.15, 0.2) is 60.9 Å². The Morgan fingerprint density at radius 2 is 1.86 bits per heavy atom. The lowest BCUT2D eigenvalue weighted by atomic mass is 9.90. The summed E-state index contributed by atoms with van der Waals surface area (Å²) in [7, 11) is 0. The quantitative estimate of drug-likeness (QED) is 0.869. The lowest BCUT2D eigenvalue weighted by molar-refractivity contribution is -0.0402. The van der Waals surface area contributed by atoms with Crippen molar-refractivity contribution in [3.63, 3.8) is 0 Å². The van der Waals surface area contributed by atoms with E-state index in [2.05, 4.69) is 58.4 Å². The third-order valence-corrected chi connectivity index (χ3v) is 4.60. The highest BCUT2D eigenvalue weighted by atomic mass is 16.5. The van der Waals surface area contributed by atoms with Crippen LogP contribution in [-0.2, 0) is 11.3 Å². The molecule has 2 aliphatic heterocycles. The molecule has 3 heteroatoms. The van der Waals surface area contributed by atoms with Crippen LogP contribution in [-0.4, -0.2) is 35.2 Å². The molecule has 2 aromatic rings. The third kappa shape index (κ3) is 2.70. The van der Waals surface area contributed by atoms with E-state index in [0.29, 0.717) is 12.1 Å². The minimum Gasteiger partial charge on any atom is -0.378 e. The topological polar surface area (TPSA) is 25.4 Å². The highest BCUT2D eigenvalue weighted by Gasteiger charge is 2.34. The van der Waals surface area contributed by atoms with Crippen molar-refractivity contribution in [1.82, 2.24) is 9.88 Å². The van der Waals surface area contributed by atoms with Gasteiger partial charge in [0.05, 0.1) is 19.3 Å². The largest absolute Gasteiger partial charge is 0.378 e. The zero-order valence-electron chi connectivity index (χ0n) is 12.6. The number of fused-ring (bicyclic) bond motifs is 2. The molecule has 22 heavy (non-hydrogen) atoms. The first kappa shape index (κ1) is 13.7. The normalized spacial score (nSPS) is 24.8. The van der Waals surface area contributed by atoms with Gasteiger partial charge in [0, 0.05) is 25.0 Å². The van der Waals surface area contributed by atoms with Gasteiger partial charge in [-0.1, -0.05) is 36.4 Å². The second kappa shape index (κ2) is 6.03. The molecule has 0 spiro atoms. The number of aromatic nitrogens is 1. The van der Waals surface area contributed by atoms with Crippen LogP contribution in [0.2, 0.25) is 0 Å². The summed E-state index contributed by atoms with van der Waals surface area (Å²) in [6.07, 6.45) is 7.18. The fourth-order valence-corrected chi connectivity index (χ4v) is 3.48. The van der Waals surface area contributed by atoms with Gasteiger partial charge in [-0.2, -0.15) is 0 Å². The first-order chi connectivity index (χ1) is 10.9. The molecule has 2 unspecified atom stereocenters. The van der Waals surface area contributed by atoms with Gasteiger partial charge in [0.2, 0.25) is 0 Å². The van der Waals surface area contributed by atoms with Crippen molar-refractivity contribution in [1.29, 1.82) is 0 Å². The van der Waals surface area contributed by atoms with Gasteiger partial charge in [-0.05, 0) is 35.3 Å². The molecule has 0 saturated carbocycles. The molecule has 2 atom stereocenters. The van der Waals surface area contributed by atoms with Crippen LogP contribution in [0.5, 0.6) is 0 Å². The fraction of sp³-hybridized carbons (Fsp3) is 0.316. The van der Waals surface area contributed by atoms with Crippen molar-refractivity contribution in [2.75, 3.05) is 13.2 Å². The molecule has 2 bridgehead atoms. The fourth-order valence-electron chi connectivity index (χ4n) is 3.48. The number of ether oxygens (including phenoxy) is 1. The molecule has 3 heterocycles. The lowest BCUT2D eigenvalue weighted by Crippen LogP contribution is -2.53. The second-order valence-electron chi connectivity index (χ2n) is 6.05. The van der Waals surface area contributed by atoms with E-state index in [0.717, 1.165) is 26.2 Å². The Labute approximate surface area is 131 Å². The van der Waals surface area contributed by atoms with E-state index in [1.807, 2.05) is 12.4 Å². The molecular weight excluding hydrogens is 272 g/mol. The summed E-state index contributed by atoms with van der Waals surface area (Å²) in [6.45, 7) is 2.61. The van der Waals surface area contributed by atoms with Gasteiger partial charge < -0.3 is 4.74 Å². The van der Waals surface area contributed by atoms with E-state index in [1.54, 1.807) is 0 Å². The van der Waals surface area contributed by atoms with Crippen molar-refractivity contribution >= 4 is 5.57 Å². The van der Waals surface area contributed by atoms with Crippen LogP contribution in [0.1, 0.15) is 17.5 Å². The number of rotatable bonds is 3. The first-order valence-electron chi connectivity index (χ1n) is 7.88. The maximum atomic E-state index is 5.79. The minimum absolute atomic E-state index is 0.371. The molecule has 4 rings (SSSR count).